The summed E-state index contributed by atoms with van der Waals surface area (Å²) in [6.07, 6.45) is 3.14. The molecule has 1 unspecified atom stereocenters. The molecular formula is C14H23N3O. The Morgan fingerprint density at radius 3 is 2.89 bits per heavy atom. The van der Waals surface area contributed by atoms with Gasteiger partial charge in [0.25, 0.3) is 0 Å². The van der Waals surface area contributed by atoms with Crippen molar-refractivity contribution in [3.63, 3.8) is 0 Å². The van der Waals surface area contributed by atoms with E-state index in [1.165, 1.54) is 17.0 Å². The minimum Gasteiger partial charge on any atom is -0.371 e. The van der Waals surface area contributed by atoms with Gasteiger partial charge in [-0.2, -0.15) is 0 Å². The Kier molecular flexibility index (Phi) is 4.66. The van der Waals surface area contributed by atoms with Crippen molar-refractivity contribution < 1.29 is 4.74 Å². The second-order valence-corrected chi connectivity index (χ2v) is 4.73. The summed E-state index contributed by atoms with van der Waals surface area (Å²) in [4.78, 5) is 9.42. The molecule has 0 saturated carbocycles. The molecule has 0 radical (unpaired) electrons. The predicted molar refractivity (Wildman–Crippen MR) is 71.5 cm³/mol. The summed E-state index contributed by atoms with van der Waals surface area (Å²) >= 11 is 0. The Balaban J connectivity index is 2.34. The van der Waals surface area contributed by atoms with E-state index in [0.29, 0.717) is 6.61 Å². The van der Waals surface area contributed by atoms with Crippen molar-refractivity contribution >= 4 is 0 Å². The topological polar surface area (TPSA) is 47.0 Å². The van der Waals surface area contributed by atoms with E-state index < -0.39 is 0 Å². The van der Waals surface area contributed by atoms with Gasteiger partial charge in [-0.25, -0.2) is 9.97 Å². The number of hydrogen-bond acceptors (Lipinski definition) is 4. The third kappa shape index (κ3) is 2.87. The number of ether oxygens (including phenoxy) is 1. The van der Waals surface area contributed by atoms with Crippen LogP contribution >= 0.6 is 0 Å². The first-order chi connectivity index (χ1) is 8.76. The first-order valence-corrected chi connectivity index (χ1v) is 6.97. The maximum absolute atomic E-state index is 5.61. The Hall–Kier alpha value is -1.00. The number of nitrogens with one attached hydrogen (secondary N) is 1. The number of nitrogens with zero attached hydrogens (tertiary/aromatic N) is 2. The van der Waals surface area contributed by atoms with Gasteiger partial charge in [-0.05, 0) is 20.3 Å². The van der Waals surface area contributed by atoms with Crippen LogP contribution in [-0.2, 0) is 24.1 Å². The van der Waals surface area contributed by atoms with E-state index in [-0.39, 0.29) is 6.10 Å². The molecule has 0 saturated heterocycles. The zero-order chi connectivity index (χ0) is 13.0. The SMILES string of the molecule is CCCc1nc(C(C)OCC)nc2c1CNCC2. The molecule has 0 amide bonds. The van der Waals surface area contributed by atoms with Gasteiger partial charge in [0.2, 0.25) is 0 Å². The van der Waals surface area contributed by atoms with E-state index >= 15 is 0 Å². The van der Waals surface area contributed by atoms with E-state index in [1.807, 2.05) is 13.8 Å². The average Bonchev–Trinajstić information content (AvgIpc) is 2.39. The lowest BCUT2D eigenvalue weighted by Crippen LogP contribution is -2.27. The van der Waals surface area contributed by atoms with Crippen LogP contribution in [0, 0.1) is 0 Å². The highest BCUT2D eigenvalue weighted by atomic mass is 16.5. The largest absolute Gasteiger partial charge is 0.371 e. The summed E-state index contributed by atoms with van der Waals surface area (Å²) in [5.41, 5.74) is 3.74. The van der Waals surface area contributed by atoms with Gasteiger partial charge < -0.3 is 10.1 Å². The molecule has 2 rings (SSSR count). The normalized spacial score (nSPS) is 16.4. The van der Waals surface area contributed by atoms with Gasteiger partial charge in [-0.3, -0.25) is 0 Å². The van der Waals surface area contributed by atoms with E-state index in [9.17, 15) is 0 Å². The van der Waals surface area contributed by atoms with E-state index in [1.54, 1.807) is 0 Å². The van der Waals surface area contributed by atoms with Crippen LogP contribution in [0.4, 0.5) is 0 Å². The summed E-state index contributed by atoms with van der Waals surface area (Å²) in [5, 5.41) is 3.40. The highest BCUT2D eigenvalue weighted by Crippen LogP contribution is 2.21. The van der Waals surface area contributed by atoms with Gasteiger partial charge in [0.1, 0.15) is 6.10 Å². The Bertz CT molecular complexity index is 406. The van der Waals surface area contributed by atoms with Crippen molar-refractivity contribution in [2.45, 2.75) is 52.7 Å². The fourth-order valence-corrected chi connectivity index (χ4v) is 2.38. The smallest absolute Gasteiger partial charge is 0.157 e. The van der Waals surface area contributed by atoms with E-state index in [2.05, 4.69) is 12.2 Å². The third-order valence-electron chi connectivity index (χ3n) is 3.30. The van der Waals surface area contributed by atoms with Crippen LogP contribution in [0.1, 0.15) is 56.1 Å². The van der Waals surface area contributed by atoms with Gasteiger partial charge in [0, 0.05) is 37.4 Å². The quantitative estimate of drug-likeness (QED) is 0.869. The van der Waals surface area contributed by atoms with Crippen molar-refractivity contribution in [3.05, 3.63) is 22.8 Å². The molecule has 0 aliphatic carbocycles. The lowest BCUT2D eigenvalue weighted by atomic mass is 10.0. The maximum Gasteiger partial charge on any atom is 0.157 e. The number of rotatable bonds is 5. The molecule has 1 atom stereocenters. The molecule has 1 aliphatic heterocycles. The summed E-state index contributed by atoms with van der Waals surface area (Å²) in [5.74, 6) is 0.848. The van der Waals surface area contributed by atoms with Crippen LogP contribution in [0.25, 0.3) is 0 Å². The standard InChI is InChI=1S/C14H23N3O/c1-4-6-12-11-9-15-8-7-13(11)17-14(16-12)10(3)18-5-2/h10,15H,4-9H2,1-3H3. The monoisotopic (exact) mass is 249 g/mol. The molecule has 1 N–H and O–H groups in total. The highest BCUT2D eigenvalue weighted by Gasteiger charge is 2.19. The first kappa shape index (κ1) is 13.4. The number of hydrogen-bond donors (Lipinski definition) is 1. The van der Waals surface area contributed by atoms with Crippen molar-refractivity contribution in [2.24, 2.45) is 0 Å². The Morgan fingerprint density at radius 1 is 1.33 bits per heavy atom. The molecule has 0 fully saturated rings. The van der Waals surface area contributed by atoms with Gasteiger partial charge in [0.15, 0.2) is 5.82 Å². The predicted octanol–water partition coefficient (Wildman–Crippen LogP) is 2.17. The minimum absolute atomic E-state index is 0.00853. The van der Waals surface area contributed by atoms with Gasteiger partial charge >= 0.3 is 0 Å². The molecule has 0 spiro atoms. The van der Waals surface area contributed by atoms with Crippen molar-refractivity contribution in [1.82, 2.24) is 15.3 Å². The van der Waals surface area contributed by atoms with Gasteiger partial charge in [-0.1, -0.05) is 13.3 Å². The van der Waals surface area contributed by atoms with Crippen LogP contribution in [0.5, 0.6) is 0 Å². The van der Waals surface area contributed by atoms with Crippen LogP contribution in [0.15, 0.2) is 0 Å². The molecule has 1 aromatic rings. The Labute approximate surface area is 109 Å². The third-order valence-corrected chi connectivity index (χ3v) is 3.30. The lowest BCUT2D eigenvalue weighted by molar-refractivity contribution is 0.0696. The second kappa shape index (κ2) is 6.25. The number of aromatic nitrogens is 2. The van der Waals surface area contributed by atoms with Crippen molar-refractivity contribution in [2.75, 3.05) is 13.2 Å². The number of aryl methyl sites for hydroxylation is 1. The summed E-state index contributed by atoms with van der Waals surface area (Å²) in [6.45, 7) is 8.85. The van der Waals surface area contributed by atoms with Crippen molar-refractivity contribution in [1.29, 1.82) is 0 Å². The molecule has 0 aromatic carbocycles. The first-order valence-electron chi connectivity index (χ1n) is 6.97. The van der Waals surface area contributed by atoms with E-state index in [4.69, 9.17) is 14.7 Å². The number of fused-ring (bicyclic) bond motifs is 1. The maximum atomic E-state index is 5.61. The molecule has 100 valence electrons. The molecular weight excluding hydrogens is 226 g/mol. The second-order valence-electron chi connectivity index (χ2n) is 4.73. The van der Waals surface area contributed by atoms with Crippen molar-refractivity contribution in [3.8, 4) is 0 Å². The molecule has 0 bridgehead atoms. The molecule has 1 aliphatic rings. The molecule has 2 heterocycles. The van der Waals surface area contributed by atoms with Crippen LogP contribution in [-0.4, -0.2) is 23.1 Å². The average molecular weight is 249 g/mol. The zero-order valence-corrected chi connectivity index (χ0v) is 11.6. The fraction of sp³-hybridized carbons (Fsp3) is 0.714. The molecule has 4 heteroatoms. The summed E-state index contributed by atoms with van der Waals surface area (Å²) in [6, 6.07) is 0. The fourth-order valence-electron chi connectivity index (χ4n) is 2.38. The highest BCUT2D eigenvalue weighted by molar-refractivity contribution is 5.28. The van der Waals surface area contributed by atoms with Crippen LogP contribution < -0.4 is 5.32 Å². The zero-order valence-electron chi connectivity index (χ0n) is 11.6. The minimum atomic E-state index is -0.00853. The lowest BCUT2D eigenvalue weighted by Gasteiger charge is -2.21. The van der Waals surface area contributed by atoms with Gasteiger partial charge in [0.05, 0.1) is 5.69 Å². The van der Waals surface area contributed by atoms with Gasteiger partial charge in [-0.15, -0.1) is 0 Å². The molecule has 18 heavy (non-hydrogen) atoms. The molecule has 1 aromatic heterocycles. The Morgan fingerprint density at radius 2 is 2.17 bits per heavy atom. The molecule has 4 nitrogen and oxygen atoms in total. The van der Waals surface area contributed by atoms with Crippen LogP contribution in [0.2, 0.25) is 0 Å². The van der Waals surface area contributed by atoms with E-state index in [0.717, 1.165) is 38.2 Å². The summed E-state index contributed by atoms with van der Waals surface area (Å²) < 4.78 is 5.61. The summed E-state index contributed by atoms with van der Waals surface area (Å²) in [7, 11) is 0. The van der Waals surface area contributed by atoms with Crippen LogP contribution in [0.3, 0.4) is 0 Å².